The van der Waals surface area contributed by atoms with Crippen LogP contribution in [0, 0.1) is 17.5 Å². The van der Waals surface area contributed by atoms with E-state index in [0.717, 1.165) is 4.57 Å². The maximum Gasteiger partial charge on any atom is 0.496 e. The van der Waals surface area contributed by atoms with E-state index >= 15 is 0 Å². The van der Waals surface area contributed by atoms with Gasteiger partial charge in [0.2, 0.25) is 11.7 Å². The Labute approximate surface area is 183 Å². The molecule has 1 amide bonds. The summed E-state index contributed by atoms with van der Waals surface area (Å²) < 4.78 is 99.8. The maximum absolute atomic E-state index is 13.7. The van der Waals surface area contributed by atoms with Gasteiger partial charge in [-0.3, -0.25) is 4.79 Å². The molecule has 0 aliphatic carbocycles. The minimum absolute atomic E-state index is 0. The van der Waals surface area contributed by atoms with Gasteiger partial charge in [0.1, 0.15) is 5.82 Å². The van der Waals surface area contributed by atoms with Gasteiger partial charge >= 0.3 is 14.1 Å². The van der Waals surface area contributed by atoms with Gasteiger partial charge in [-0.2, -0.15) is 13.2 Å². The van der Waals surface area contributed by atoms with Gasteiger partial charge < -0.3 is 15.2 Å². The summed E-state index contributed by atoms with van der Waals surface area (Å²) >= 11 is 0. The molecule has 0 saturated carbocycles. The van der Waals surface area contributed by atoms with Crippen molar-refractivity contribution in [1.29, 1.82) is 0 Å². The molecule has 33 heavy (non-hydrogen) atoms. The van der Waals surface area contributed by atoms with E-state index < -0.39 is 49.3 Å². The highest BCUT2D eigenvalue weighted by atomic mass is 31.1. The summed E-state index contributed by atoms with van der Waals surface area (Å²) in [6.45, 7) is -0.302. The molecule has 0 radical (unpaired) electrons. The molecule has 3 rings (SSSR count). The van der Waals surface area contributed by atoms with Crippen LogP contribution >= 0.6 is 7.91 Å². The topological polar surface area (TPSA) is 141 Å². The van der Waals surface area contributed by atoms with Crippen LogP contribution in [-0.4, -0.2) is 43.4 Å². The number of halogens is 6. The van der Waals surface area contributed by atoms with Gasteiger partial charge in [0.05, 0.1) is 6.54 Å². The Morgan fingerprint density at radius 2 is 1.79 bits per heavy atom. The second-order valence-electron chi connectivity index (χ2n) is 6.74. The van der Waals surface area contributed by atoms with E-state index in [4.69, 9.17) is 20.1 Å². The van der Waals surface area contributed by atoms with Crippen molar-refractivity contribution in [1.82, 2.24) is 19.7 Å². The van der Waals surface area contributed by atoms with Crippen molar-refractivity contribution in [2.75, 3.05) is 6.54 Å². The molecule has 17 heteroatoms. The minimum Gasteiger partial charge on any atom is -0.333 e. The molecule has 2 heterocycles. The highest BCUT2D eigenvalue weighted by Gasteiger charge is 2.40. The first-order valence-electron chi connectivity index (χ1n) is 8.95. The van der Waals surface area contributed by atoms with E-state index in [-0.39, 0.29) is 45.3 Å². The average Bonchev–Trinajstić information content (AvgIpc) is 3.16. The Hall–Kier alpha value is -2.81. The van der Waals surface area contributed by atoms with Crippen LogP contribution in [0.4, 0.5) is 26.3 Å². The lowest BCUT2D eigenvalue weighted by atomic mass is 10.0. The van der Waals surface area contributed by atoms with E-state index in [9.17, 15) is 31.1 Å². The number of hydrogen-bond acceptors (Lipinski definition) is 8. The molecule has 0 spiro atoms. The summed E-state index contributed by atoms with van der Waals surface area (Å²) in [7, 11) is -3.04. The van der Waals surface area contributed by atoms with Crippen LogP contribution < -0.4 is 5.73 Å². The molecule has 0 unspecified atom stereocenters. The fourth-order valence-corrected chi connectivity index (χ4v) is 3.01. The number of benzene rings is 1. The van der Waals surface area contributed by atoms with Crippen molar-refractivity contribution in [3.63, 3.8) is 0 Å². The van der Waals surface area contributed by atoms with Crippen molar-refractivity contribution in [2.24, 2.45) is 5.73 Å². The third-order valence-corrected chi connectivity index (χ3v) is 4.57. The molecule has 0 bridgehead atoms. The van der Waals surface area contributed by atoms with Crippen LogP contribution in [0.3, 0.4) is 0 Å². The van der Waals surface area contributed by atoms with Crippen LogP contribution in [-0.2, 0) is 44.3 Å². The molecule has 1 atom stereocenters. The van der Waals surface area contributed by atoms with Gasteiger partial charge in [0.15, 0.2) is 17.5 Å². The van der Waals surface area contributed by atoms with Crippen molar-refractivity contribution < 1.29 is 51.6 Å². The fourth-order valence-electron chi connectivity index (χ4n) is 3.01. The smallest absolute Gasteiger partial charge is 0.333 e. The predicted octanol–water partition coefficient (Wildman–Crippen LogP) is 2.83. The highest BCUT2D eigenvalue weighted by Crippen LogP contribution is 2.29. The standard InChI is InChI=1S/C16H15F6N5O.HO4P.H2/c17-10-6-12(19)11(18)4-8(10)3-9(23)5-14(28)26-1-2-27-13(7-26)24-25-15(27)16(20,21)22;1-4-5(2)3;/h4,6,9H,1-3,5,7,23H2;1H;1H/t9-;;/m1../s1. The summed E-state index contributed by atoms with van der Waals surface area (Å²) in [5, 5.41) is 13.6. The van der Waals surface area contributed by atoms with Gasteiger partial charge in [-0.1, -0.05) is 0 Å². The predicted molar refractivity (Wildman–Crippen MR) is 97.2 cm³/mol. The number of nitrogens with two attached hydrogens (primary N) is 1. The summed E-state index contributed by atoms with van der Waals surface area (Å²) in [6, 6.07) is 0.184. The molecule has 0 saturated heterocycles. The van der Waals surface area contributed by atoms with Gasteiger partial charge in [-0.05, 0) is 18.1 Å². The molecule has 1 aliphatic rings. The van der Waals surface area contributed by atoms with Crippen molar-refractivity contribution >= 4 is 13.8 Å². The van der Waals surface area contributed by atoms with E-state index in [1.165, 1.54) is 4.90 Å². The zero-order chi connectivity index (χ0) is 24.9. The largest absolute Gasteiger partial charge is 0.496 e. The van der Waals surface area contributed by atoms with Crippen molar-refractivity contribution in [3.8, 4) is 0 Å². The molecule has 1 aromatic carbocycles. The third kappa shape index (κ3) is 7.08. The Bertz CT molecular complexity index is 1080. The number of rotatable bonds is 5. The van der Waals surface area contributed by atoms with Crippen LogP contribution in [0.25, 0.3) is 0 Å². The molecular weight excluding hydrogens is 487 g/mol. The monoisotopic (exact) mass is 505 g/mol. The zero-order valence-corrected chi connectivity index (χ0v) is 17.3. The van der Waals surface area contributed by atoms with E-state index in [2.05, 4.69) is 14.9 Å². The number of amides is 1. The average molecular weight is 505 g/mol. The highest BCUT2D eigenvalue weighted by molar-refractivity contribution is 7.24. The number of carbonyl (C=O) groups excluding carboxylic acids is 1. The summed E-state index contributed by atoms with van der Waals surface area (Å²) in [5.74, 6) is -5.15. The van der Waals surface area contributed by atoms with Crippen LogP contribution in [0.2, 0.25) is 0 Å². The quantitative estimate of drug-likeness (QED) is 0.208. The zero-order valence-electron chi connectivity index (χ0n) is 16.4. The fraction of sp³-hybridized carbons (Fsp3) is 0.438. The van der Waals surface area contributed by atoms with E-state index in [1.54, 1.807) is 0 Å². The number of nitrogens with zero attached hydrogens (tertiary/aromatic N) is 4. The maximum atomic E-state index is 13.7. The Kier molecular flexibility index (Phi) is 8.71. The lowest BCUT2D eigenvalue weighted by Crippen LogP contribution is -2.42. The van der Waals surface area contributed by atoms with E-state index in [1.807, 2.05) is 0 Å². The van der Waals surface area contributed by atoms with Gasteiger partial charge in [-0.25, -0.2) is 27.6 Å². The van der Waals surface area contributed by atoms with Gasteiger partial charge in [0, 0.05) is 33.0 Å². The van der Waals surface area contributed by atoms with Gasteiger partial charge in [0.25, 0.3) is 0 Å². The molecular formula is C16H18F6N5O5P. The Morgan fingerprint density at radius 3 is 2.36 bits per heavy atom. The number of hydrogen-bond donors (Lipinski definition) is 2. The second kappa shape index (κ2) is 10.9. The SMILES string of the molecule is N[C@@H](CC(=O)N1CCn2c(nnc2C(F)(F)F)C1)Cc1cc(F)c(F)cc1F.O=P(=O)OO.[HH]. The number of alkyl halides is 3. The first-order valence-corrected chi connectivity index (χ1v) is 10.0. The van der Waals surface area contributed by atoms with Crippen LogP contribution in [0.5, 0.6) is 0 Å². The molecule has 1 aromatic heterocycles. The number of fused-ring (bicyclic) bond motifs is 1. The molecule has 2 aromatic rings. The van der Waals surface area contributed by atoms with Crippen molar-refractivity contribution in [2.45, 2.75) is 38.1 Å². The third-order valence-electron chi connectivity index (χ3n) is 4.43. The second-order valence-corrected chi connectivity index (χ2v) is 7.35. The minimum atomic E-state index is -4.64. The van der Waals surface area contributed by atoms with Crippen molar-refractivity contribution in [3.05, 3.63) is 46.8 Å². The normalized spacial score (nSPS) is 14.2. The van der Waals surface area contributed by atoms with E-state index in [0.29, 0.717) is 12.1 Å². The number of aromatic nitrogens is 3. The Morgan fingerprint density at radius 1 is 1.18 bits per heavy atom. The first-order chi connectivity index (χ1) is 15.3. The Balaban J connectivity index is 0.000000873. The molecule has 1 aliphatic heterocycles. The molecule has 184 valence electrons. The van der Waals surface area contributed by atoms with Crippen LogP contribution in [0.1, 0.15) is 25.1 Å². The summed E-state index contributed by atoms with van der Waals surface area (Å²) in [4.78, 5) is 13.6. The van der Waals surface area contributed by atoms with Gasteiger partial charge in [-0.15, -0.1) is 14.9 Å². The molecule has 0 fully saturated rings. The molecule has 10 nitrogen and oxygen atoms in total. The summed E-state index contributed by atoms with van der Waals surface area (Å²) in [6.07, 6.45) is -5.11. The first kappa shape index (κ1) is 26.4. The summed E-state index contributed by atoms with van der Waals surface area (Å²) in [5.41, 5.74) is 5.64. The lowest BCUT2D eigenvalue weighted by molar-refractivity contribution is -0.148. The molecule has 3 N–H and O–H groups in total. The number of carbonyl (C=O) groups is 1. The lowest BCUT2D eigenvalue weighted by Gasteiger charge is -2.29. The van der Waals surface area contributed by atoms with Crippen LogP contribution in [0.15, 0.2) is 12.1 Å².